The number of aromatic nitrogens is 3. The molecule has 21 heavy (non-hydrogen) atoms. The number of hydrogen-bond donors (Lipinski definition) is 1. The summed E-state index contributed by atoms with van der Waals surface area (Å²) in [6, 6.07) is 1.86. The van der Waals surface area contributed by atoms with Crippen molar-refractivity contribution < 1.29 is 4.79 Å². The molecule has 0 aliphatic carbocycles. The number of amides is 1. The van der Waals surface area contributed by atoms with E-state index in [0.29, 0.717) is 19.0 Å². The molecule has 0 bridgehead atoms. The lowest BCUT2D eigenvalue weighted by molar-refractivity contribution is -0.124. The van der Waals surface area contributed by atoms with Crippen LogP contribution in [0.5, 0.6) is 0 Å². The van der Waals surface area contributed by atoms with Crippen molar-refractivity contribution >= 4 is 17.2 Å². The molecule has 5 nitrogen and oxygen atoms in total. The van der Waals surface area contributed by atoms with Crippen molar-refractivity contribution in [2.45, 2.75) is 39.7 Å². The highest BCUT2D eigenvalue weighted by molar-refractivity contribution is 7.09. The van der Waals surface area contributed by atoms with Gasteiger partial charge in [0.1, 0.15) is 0 Å². The maximum atomic E-state index is 12.0. The van der Waals surface area contributed by atoms with Crippen LogP contribution >= 0.6 is 11.3 Å². The third-order valence-corrected chi connectivity index (χ3v) is 4.19. The minimum Gasteiger partial charge on any atom is -0.355 e. The smallest absolute Gasteiger partial charge is 0.224 e. The molecule has 0 saturated carbocycles. The Hall–Kier alpha value is -1.69. The topological polar surface area (TPSA) is 59.8 Å². The first-order valence-corrected chi connectivity index (χ1v) is 8.13. The van der Waals surface area contributed by atoms with Crippen LogP contribution in [0.2, 0.25) is 0 Å². The van der Waals surface area contributed by atoms with Crippen LogP contribution in [0.1, 0.15) is 37.4 Å². The molecule has 1 amide bonds. The molecule has 2 aromatic rings. The van der Waals surface area contributed by atoms with Crippen molar-refractivity contribution in [1.29, 1.82) is 0 Å². The highest BCUT2D eigenvalue weighted by Gasteiger charge is 2.13. The van der Waals surface area contributed by atoms with Crippen LogP contribution in [-0.2, 0) is 17.8 Å². The molecular formula is C15H22N4OS. The van der Waals surface area contributed by atoms with Crippen LogP contribution in [-0.4, -0.2) is 27.2 Å². The van der Waals surface area contributed by atoms with Gasteiger partial charge in [0, 0.05) is 30.7 Å². The molecule has 0 spiro atoms. The van der Waals surface area contributed by atoms with Gasteiger partial charge in [0.2, 0.25) is 5.91 Å². The fourth-order valence-corrected chi connectivity index (χ4v) is 2.90. The van der Waals surface area contributed by atoms with Crippen molar-refractivity contribution in [3.05, 3.63) is 34.5 Å². The molecule has 2 heterocycles. The molecule has 2 rings (SSSR count). The molecule has 2 aromatic heterocycles. The van der Waals surface area contributed by atoms with Crippen LogP contribution in [0.25, 0.3) is 0 Å². The Balaban J connectivity index is 1.73. The summed E-state index contributed by atoms with van der Waals surface area (Å²) in [6.07, 6.45) is 4.38. The molecule has 0 fully saturated rings. The molecule has 0 aromatic carbocycles. The van der Waals surface area contributed by atoms with Crippen molar-refractivity contribution in [3.8, 4) is 0 Å². The summed E-state index contributed by atoms with van der Waals surface area (Å²) in [7, 11) is 0. The summed E-state index contributed by atoms with van der Waals surface area (Å²) in [6.45, 7) is 7.42. The lowest BCUT2D eigenvalue weighted by Crippen LogP contribution is -2.33. The third-order valence-electron chi connectivity index (χ3n) is 3.27. The fraction of sp³-hybridized carbons (Fsp3) is 0.533. The summed E-state index contributed by atoms with van der Waals surface area (Å²) in [5, 5.41) is 10.3. The van der Waals surface area contributed by atoms with Gasteiger partial charge in [-0.1, -0.05) is 20.8 Å². The lowest BCUT2D eigenvalue weighted by Gasteiger charge is -2.11. The van der Waals surface area contributed by atoms with E-state index < -0.39 is 0 Å². The average Bonchev–Trinajstić information content (AvgIpc) is 3.09. The molecule has 0 aliphatic rings. The van der Waals surface area contributed by atoms with Gasteiger partial charge in [-0.25, -0.2) is 4.98 Å². The van der Waals surface area contributed by atoms with Crippen molar-refractivity contribution in [2.75, 3.05) is 6.54 Å². The molecular weight excluding hydrogens is 284 g/mol. The zero-order valence-corrected chi connectivity index (χ0v) is 13.6. The van der Waals surface area contributed by atoms with Crippen LogP contribution in [0.4, 0.5) is 0 Å². The Bertz CT molecular complexity index is 562. The van der Waals surface area contributed by atoms with Gasteiger partial charge < -0.3 is 5.32 Å². The van der Waals surface area contributed by atoms with Crippen LogP contribution < -0.4 is 5.32 Å². The zero-order chi connectivity index (χ0) is 15.2. The van der Waals surface area contributed by atoms with E-state index in [1.165, 1.54) is 0 Å². The number of carbonyl (C=O) groups is 1. The van der Waals surface area contributed by atoms with E-state index in [1.54, 1.807) is 22.2 Å². The summed E-state index contributed by atoms with van der Waals surface area (Å²) in [5.74, 6) is 0.428. The van der Waals surface area contributed by atoms with E-state index in [-0.39, 0.29) is 11.8 Å². The normalized spacial score (nSPS) is 12.6. The fourth-order valence-electron chi connectivity index (χ4n) is 1.94. The Labute approximate surface area is 129 Å². The predicted octanol–water partition coefficient (Wildman–Crippen LogP) is 2.46. The van der Waals surface area contributed by atoms with E-state index >= 15 is 0 Å². The van der Waals surface area contributed by atoms with Gasteiger partial charge in [-0.05, 0) is 12.0 Å². The van der Waals surface area contributed by atoms with E-state index in [2.05, 4.69) is 34.6 Å². The number of nitrogens with one attached hydrogen (secondary N) is 1. The van der Waals surface area contributed by atoms with Crippen LogP contribution in [0.15, 0.2) is 23.8 Å². The van der Waals surface area contributed by atoms with Gasteiger partial charge in [-0.2, -0.15) is 5.10 Å². The number of thiazole rings is 1. The van der Waals surface area contributed by atoms with Crippen molar-refractivity contribution in [1.82, 2.24) is 20.1 Å². The maximum absolute atomic E-state index is 12.0. The van der Waals surface area contributed by atoms with E-state index in [9.17, 15) is 4.79 Å². The number of hydrogen-bond acceptors (Lipinski definition) is 4. The van der Waals surface area contributed by atoms with Crippen LogP contribution in [0, 0.1) is 5.92 Å². The van der Waals surface area contributed by atoms with Crippen molar-refractivity contribution in [3.63, 3.8) is 0 Å². The second kappa shape index (κ2) is 7.36. The first-order valence-electron chi connectivity index (χ1n) is 7.25. The molecule has 1 N–H and O–H groups in total. The SMILES string of the molecule is CC(Cn1cccn1)C(=O)NCCc1nc(C(C)C)cs1. The second-order valence-corrected chi connectivity index (χ2v) is 6.43. The first-order chi connectivity index (χ1) is 10.1. The van der Waals surface area contributed by atoms with Crippen LogP contribution in [0.3, 0.4) is 0 Å². The standard InChI is InChI=1S/C15H22N4OS/c1-11(2)13-10-21-14(18-13)5-7-16-15(20)12(3)9-19-8-4-6-17-19/h4,6,8,10-12H,5,7,9H2,1-3H3,(H,16,20). The molecule has 1 atom stereocenters. The maximum Gasteiger partial charge on any atom is 0.224 e. The highest BCUT2D eigenvalue weighted by atomic mass is 32.1. The molecule has 1 unspecified atom stereocenters. The predicted molar refractivity (Wildman–Crippen MR) is 84.3 cm³/mol. The summed E-state index contributed by atoms with van der Waals surface area (Å²) < 4.78 is 1.78. The largest absolute Gasteiger partial charge is 0.355 e. The number of carbonyl (C=O) groups excluding carboxylic acids is 1. The Morgan fingerprint density at radius 1 is 1.43 bits per heavy atom. The monoisotopic (exact) mass is 306 g/mol. The summed E-state index contributed by atoms with van der Waals surface area (Å²) in [5.41, 5.74) is 1.13. The average molecular weight is 306 g/mol. The number of nitrogens with zero attached hydrogens (tertiary/aromatic N) is 3. The molecule has 6 heteroatoms. The Kier molecular flexibility index (Phi) is 5.50. The number of rotatable bonds is 7. The van der Waals surface area contributed by atoms with E-state index in [0.717, 1.165) is 17.1 Å². The van der Waals surface area contributed by atoms with Gasteiger partial charge in [-0.3, -0.25) is 9.48 Å². The Morgan fingerprint density at radius 2 is 2.24 bits per heavy atom. The third kappa shape index (κ3) is 4.67. The summed E-state index contributed by atoms with van der Waals surface area (Å²) >= 11 is 1.67. The minimum absolute atomic E-state index is 0.0612. The second-order valence-electron chi connectivity index (χ2n) is 5.49. The minimum atomic E-state index is -0.0904. The quantitative estimate of drug-likeness (QED) is 0.855. The van der Waals surface area contributed by atoms with Gasteiger partial charge in [0.15, 0.2) is 0 Å². The molecule has 0 saturated heterocycles. The lowest BCUT2D eigenvalue weighted by atomic mass is 10.1. The van der Waals surface area contributed by atoms with Gasteiger partial charge in [0.25, 0.3) is 0 Å². The Morgan fingerprint density at radius 3 is 2.86 bits per heavy atom. The van der Waals surface area contributed by atoms with Crippen molar-refractivity contribution in [2.24, 2.45) is 5.92 Å². The highest BCUT2D eigenvalue weighted by Crippen LogP contribution is 2.17. The molecule has 0 radical (unpaired) electrons. The van der Waals surface area contributed by atoms with Gasteiger partial charge >= 0.3 is 0 Å². The summed E-state index contributed by atoms with van der Waals surface area (Å²) in [4.78, 5) is 16.6. The van der Waals surface area contributed by atoms with Gasteiger partial charge in [0.05, 0.1) is 23.2 Å². The van der Waals surface area contributed by atoms with Gasteiger partial charge in [-0.15, -0.1) is 11.3 Å². The molecule has 0 aliphatic heterocycles. The van der Waals surface area contributed by atoms with E-state index in [1.807, 2.05) is 19.2 Å². The zero-order valence-electron chi connectivity index (χ0n) is 12.7. The molecule has 114 valence electrons. The first kappa shape index (κ1) is 15.7. The van der Waals surface area contributed by atoms with E-state index in [4.69, 9.17) is 0 Å².